The third-order valence-electron chi connectivity index (χ3n) is 3.40. The van der Waals surface area contributed by atoms with E-state index in [0.29, 0.717) is 13.0 Å². The SMILES string of the molecule is CCC(C)(CCN)NC(=O)CCc1ccccc1. The highest BCUT2D eigenvalue weighted by Crippen LogP contribution is 2.14. The highest BCUT2D eigenvalue weighted by atomic mass is 16.1. The molecule has 1 unspecified atom stereocenters. The Bertz CT molecular complexity index is 364. The molecule has 0 aliphatic rings. The van der Waals surface area contributed by atoms with Crippen LogP contribution >= 0.6 is 0 Å². The molecule has 0 saturated heterocycles. The largest absolute Gasteiger partial charge is 0.351 e. The third kappa shape index (κ3) is 4.88. The van der Waals surface area contributed by atoms with Crippen molar-refractivity contribution >= 4 is 5.91 Å². The van der Waals surface area contributed by atoms with Gasteiger partial charge >= 0.3 is 0 Å². The quantitative estimate of drug-likeness (QED) is 0.777. The van der Waals surface area contributed by atoms with Crippen molar-refractivity contribution in [3.05, 3.63) is 35.9 Å². The summed E-state index contributed by atoms with van der Waals surface area (Å²) < 4.78 is 0. The second kappa shape index (κ2) is 7.17. The van der Waals surface area contributed by atoms with Crippen LogP contribution in [0.15, 0.2) is 30.3 Å². The number of rotatable bonds is 7. The fourth-order valence-corrected chi connectivity index (χ4v) is 1.95. The van der Waals surface area contributed by atoms with Crippen molar-refractivity contribution in [2.45, 2.75) is 45.1 Å². The zero-order chi connectivity index (χ0) is 13.4. The van der Waals surface area contributed by atoms with Crippen LogP contribution in [-0.4, -0.2) is 18.0 Å². The first-order valence-corrected chi connectivity index (χ1v) is 6.64. The lowest BCUT2D eigenvalue weighted by atomic mass is 9.94. The van der Waals surface area contributed by atoms with Crippen LogP contribution in [0.3, 0.4) is 0 Å². The fourth-order valence-electron chi connectivity index (χ4n) is 1.95. The van der Waals surface area contributed by atoms with Crippen LogP contribution in [0, 0.1) is 0 Å². The molecule has 18 heavy (non-hydrogen) atoms. The minimum atomic E-state index is -0.164. The van der Waals surface area contributed by atoms with Crippen LogP contribution in [0.25, 0.3) is 0 Å². The molecule has 0 aromatic heterocycles. The zero-order valence-corrected chi connectivity index (χ0v) is 11.4. The molecule has 0 aliphatic carbocycles. The molecule has 0 saturated carbocycles. The number of nitrogens with two attached hydrogens (primary N) is 1. The highest BCUT2D eigenvalue weighted by molar-refractivity contribution is 5.77. The molecular formula is C15H24N2O. The van der Waals surface area contributed by atoms with Gasteiger partial charge in [-0.05, 0) is 38.3 Å². The molecule has 0 radical (unpaired) electrons. The summed E-state index contributed by atoms with van der Waals surface area (Å²) in [5.41, 5.74) is 6.61. The average Bonchev–Trinajstić information content (AvgIpc) is 2.38. The fraction of sp³-hybridized carbons (Fsp3) is 0.533. The molecule has 1 aromatic rings. The third-order valence-corrected chi connectivity index (χ3v) is 3.40. The molecule has 3 N–H and O–H groups in total. The van der Waals surface area contributed by atoms with E-state index in [1.807, 2.05) is 30.3 Å². The summed E-state index contributed by atoms with van der Waals surface area (Å²) in [6, 6.07) is 10.1. The van der Waals surface area contributed by atoms with E-state index in [1.165, 1.54) is 5.56 Å². The first kappa shape index (κ1) is 14.7. The Hall–Kier alpha value is -1.35. The number of hydrogen-bond acceptors (Lipinski definition) is 2. The summed E-state index contributed by atoms with van der Waals surface area (Å²) >= 11 is 0. The van der Waals surface area contributed by atoms with E-state index in [-0.39, 0.29) is 11.4 Å². The van der Waals surface area contributed by atoms with Gasteiger partial charge in [-0.15, -0.1) is 0 Å². The smallest absolute Gasteiger partial charge is 0.220 e. The van der Waals surface area contributed by atoms with Gasteiger partial charge in [0.15, 0.2) is 0 Å². The molecule has 0 aliphatic heterocycles. The number of aryl methyl sites for hydroxylation is 1. The Morgan fingerprint density at radius 1 is 1.33 bits per heavy atom. The summed E-state index contributed by atoms with van der Waals surface area (Å²) in [6.07, 6.45) is 3.04. The number of nitrogens with one attached hydrogen (secondary N) is 1. The minimum absolute atomic E-state index is 0.108. The predicted octanol–water partition coefficient (Wildman–Crippen LogP) is 2.25. The van der Waals surface area contributed by atoms with E-state index < -0.39 is 0 Å². The number of benzene rings is 1. The Morgan fingerprint density at radius 3 is 2.56 bits per heavy atom. The van der Waals surface area contributed by atoms with Crippen molar-refractivity contribution in [2.75, 3.05) is 6.54 Å². The van der Waals surface area contributed by atoms with Crippen molar-refractivity contribution in [3.8, 4) is 0 Å². The van der Waals surface area contributed by atoms with Gasteiger partial charge < -0.3 is 11.1 Å². The molecule has 0 fully saturated rings. The van der Waals surface area contributed by atoms with Gasteiger partial charge in [-0.1, -0.05) is 37.3 Å². The second-order valence-corrected chi connectivity index (χ2v) is 4.99. The number of amides is 1. The van der Waals surface area contributed by atoms with Crippen molar-refractivity contribution in [1.29, 1.82) is 0 Å². The first-order valence-electron chi connectivity index (χ1n) is 6.64. The normalized spacial score (nSPS) is 13.9. The Balaban J connectivity index is 2.41. The molecule has 0 spiro atoms. The van der Waals surface area contributed by atoms with Gasteiger partial charge in [0, 0.05) is 12.0 Å². The first-order chi connectivity index (χ1) is 8.59. The van der Waals surface area contributed by atoms with Crippen LogP contribution in [0.2, 0.25) is 0 Å². The van der Waals surface area contributed by atoms with Gasteiger partial charge in [-0.2, -0.15) is 0 Å². The number of hydrogen-bond donors (Lipinski definition) is 2. The van der Waals surface area contributed by atoms with Crippen LogP contribution in [0.5, 0.6) is 0 Å². The van der Waals surface area contributed by atoms with Crippen molar-refractivity contribution in [2.24, 2.45) is 5.73 Å². The summed E-state index contributed by atoms with van der Waals surface area (Å²) in [4.78, 5) is 11.9. The average molecular weight is 248 g/mol. The summed E-state index contributed by atoms with van der Waals surface area (Å²) in [7, 11) is 0. The summed E-state index contributed by atoms with van der Waals surface area (Å²) in [5.74, 6) is 0.108. The maximum atomic E-state index is 11.9. The van der Waals surface area contributed by atoms with Crippen LogP contribution in [0.1, 0.15) is 38.7 Å². The maximum Gasteiger partial charge on any atom is 0.220 e. The number of carbonyl (C=O) groups excluding carboxylic acids is 1. The van der Waals surface area contributed by atoms with E-state index >= 15 is 0 Å². The molecule has 0 heterocycles. The molecule has 3 heteroatoms. The van der Waals surface area contributed by atoms with E-state index in [9.17, 15) is 4.79 Å². The van der Waals surface area contributed by atoms with Gasteiger partial charge in [0.1, 0.15) is 0 Å². The van der Waals surface area contributed by atoms with E-state index in [4.69, 9.17) is 5.73 Å². The molecule has 1 aromatic carbocycles. The van der Waals surface area contributed by atoms with Crippen LogP contribution < -0.4 is 11.1 Å². The minimum Gasteiger partial charge on any atom is -0.351 e. The molecule has 1 rings (SSSR count). The van der Waals surface area contributed by atoms with E-state index in [2.05, 4.69) is 19.2 Å². The summed E-state index contributed by atoms with van der Waals surface area (Å²) in [6.45, 7) is 4.73. The van der Waals surface area contributed by atoms with Gasteiger partial charge in [0.05, 0.1) is 0 Å². The van der Waals surface area contributed by atoms with Gasteiger partial charge in [0.2, 0.25) is 5.91 Å². The van der Waals surface area contributed by atoms with Gasteiger partial charge in [-0.25, -0.2) is 0 Å². The summed E-state index contributed by atoms with van der Waals surface area (Å²) in [5, 5.41) is 3.10. The number of carbonyl (C=O) groups is 1. The van der Waals surface area contributed by atoms with Crippen molar-refractivity contribution in [1.82, 2.24) is 5.32 Å². The van der Waals surface area contributed by atoms with Crippen molar-refractivity contribution in [3.63, 3.8) is 0 Å². The highest BCUT2D eigenvalue weighted by Gasteiger charge is 2.22. The topological polar surface area (TPSA) is 55.1 Å². The Kier molecular flexibility index (Phi) is 5.86. The van der Waals surface area contributed by atoms with Crippen LogP contribution in [0.4, 0.5) is 0 Å². The maximum absolute atomic E-state index is 11.9. The predicted molar refractivity (Wildman–Crippen MR) is 75.3 cm³/mol. The van der Waals surface area contributed by atoms with Crippen LogP contribution in [-0.2, 0) is 11.2 Å². The standard InChI is InChI=1S/C15H24N2O/c1-3-15(2,11-12-16)17-14(18)10-9-13-7-5-4-6-8-13/h4-8H,3,9-12,16H2,1-2H3,(H,17,18). The lowest BCUT2D eigenvalue weighted by Crippen LogP contribution is -2.46. The zero-order valence-electron chi connectivity index (χ0n) is 11.4. The Labute approximate surface area is 110 Å². The molecule has 0 bridgehead atoms. The van der Waals surface area contributed by atoms with Crippen molar-refractivity contribution < 1.29 is 4.79 Å². The lowest BCUT2D eigenvalue weighted by molar-refractivity contribution is -0.122. The second-order valence-electron chi connectivity index (χ2n) is 4.99. The molecule has 1 amide bonds. The molecular weight excluding hydrogens is 224 g/mol. The Morgan fingerprint density at radius 2 is 2.00 bits per heavy atom. The van der Waals surface area contributed by atoms with E-state index in [1.54, 1.807) is 0 Å². The lowest BCUT2D eigenvalue weighted by Gasteiger charge is -2.29. The van der Waals surface area contributed by atoms with Gasteiger partial charge in [-0.3, -0.25) is 4.79 Å². The van der Waals surface area contributed by atoms with Gasteiger partial charge in [0.25, 0.3) is 0 Å². The van der Waals surface area contributed by atoms with E-state index in [0.717, 1.165) is 19.3 Å². The molecule has 3 nitrogen and oxygen atoms in total. The monoisotopic (exact) mass is 248 g/mol. The molecule has 1 atom stereocenters. The molecule has 100 valence electrons.